The van der Waals surface area contributed by atoms with Crippen LogP contribution in [-0.2, 0) is 19.4 Å². The minimum atomic E-state index is -0.965. The first-order chi connectivity index (χ1) is 12.6. The van der Waals surface area contributed by atoms with E-state index >= 15 is 0 Å². The summed E-state index contributed by atoms with van der Waals surface area (Å²) in [6.07, 6.45) is 0.575. The Morgan fingerprint density at radius 2 is 2.00 bits per heavy atom. The van der Waals surface area contributed by atoms with Crippen molar-refractivity contribution in [2.24, 2.45) is 4.99 Å². The number of aromatic nitrogens is 1. The molecule has 0 aliphatic heterocycles. The van der Waals surface area contributed by atoms with Crippen molar-refractivity contribution >= 4 is 5.96 Å². The standard InChI is InChI=1S/C19H27FN4O2/c1-4-16-14(18(5-2)26-24-16)11-22-19(21-6-3)23-12-17(25)13-9-7-8-10-15(13)20/h7-10,17,25H,4-6,11-12H2,1-3H3,(H2,21,22,23). The fourth-order valence-corrected chi connectivity index (χ4v) is 2.67. The molecule has 3 N–H and O–H groups in total. The predicted molar refractivity (Wildman–Crippen MR) is 99.4 cm³/mol. The third kappa shape index (κ3) is 5.05. The van der Waals surface area contributed by atoms with E-state index < -0.39 is 11.9 Å². The molecule has 2 rings (SSSR count). The Morgan fingerprint density at radius 1 is 1.23 bits per heavy atom. The smallest absolute Gasteiger partial charge is 0.191 e. The topological polar surface area (TPSA) is 82.7 Å². The molecule has 0 saturated carbocycles. The van der Waals surface area contributed by atoms with Crippen LogP contribution >= 0.6 is 0 Å². The summed E-state index contributed by atoms with van der Waals surface area (Å²) in [6, 6.07) is 6.21. The molecule has 0 aliphatic rings. The van der Waals surface area contributed by atoms with Crippen molar-refractivity contribution in [3.8, 4) is 0 Å². The summed E-state index contributed by atoms with van der Waals surface area (Å²) < 4.78 is 19.1. The molecule has 142 valence electrons. The molecule has 0 radical (unpaired) electrons. The normalized spacial score (nSPS) is 12.9. The molecular weight excluding hydrogens is 335 g/mol. The lowest BCUT2D eigenvalue weighted by atomic mass is 10.1. The van der Waals surface area contributed by atoms with Crippen LogP contribution in [0.1, 0.15) is 49.5 Å². The van der Waals surface area contributed by atoms with Crippen LogP contribution in [0.15, 0.2) is 33.8 Å². The Labute approximate surface area is 153 Å². The molecule has 0 saturated heterocycles. The number of aryl methyl sites for hydroxylation is 2. The first-order valence-electron chi connectivity index (χ1n) is 9.01. The van der Waals surface area contributed by atoms with E-state index in [2.05, 4.69) is 20.8 Å². The zero-order chi connectivity index (χ0) is 18.9. The summed E-state index contributed by atoms with van der Waals surface area (Å²) in [5.74, 6) is 0.967. The highest BCUT2D eigenvalue weighted by molar-refractivity contribution is 5.79. The molecule has 7 heteroatoms. The average molecular weight is 362 g/mol. The van der Waals surface area contributed by atoms with Crippen molar-refractivity contribution in [3.63, 3.8) is 0 Å². The van der Waals surface area contributed by atoms with Crippen molar-refractivity contribution < 1.29 is 14.0 Å². The Balaban J connectivity index is 2.05. The molecule has 0 aliphatic carbocycles. The van der Waals surface area contributed by atoms with Gasteiger partial charge in [0.05, 0.1) is 18.3 Å². The number of hydrogen-bond donors (Lipinski definition) is 3. The highest BCUT2D eigenvalue weighted by Gasteiger charge is 2.15. The van der Waals surface area contributed by atoms with Crippen LogP contribution in [0.4, 0.5) is 4.39 Å². The summed E-state index contributed by atoms with van der Waals surface area (Å²) in [6.45, 7) is 7.25. The lowest BCUT2D eigenvalue weighted by molar-refractivity contribution is 0.176. The van der Waals surface area contributed by atoms with Gasteiger partial charge in [0.15, 0.2) is 5.96 Å². The third-order valence-electron chi connectivity index (χ3n) is 4.07. The van der Waals surface area contributed by atoms with E-state index in [1.165, 1.54) is 6.07 Å². The minimum absolute atomic E-state index is 0.150. The van der Waals surface area contributed by atoms with Gasteiger partial charge in [-0.3, -0.25) is 0 Å². The predicted octanol–water partition coefficient (Wildman–Crippen LogP) is 2.73. The maximum Gasteiger partial charge on any atom is 0.191 e. The van der Waals surface area contributed by atoms with Crippen LogP contribution in [0.3, 0.4) is 0 Å². The lowest BCUT2D eigenvalue weighted by Crippen LogP contribution is -2.39. The van der Waals surface area contributed by atoms with Crippen LogP contribution in [0, 0.1) is 5.82 Å². The molecule has 6 nitrogen and oxygen atoms in total. The molecule has 26 heavy (non-hydrogen) atoms. The van der Waals surface area contributed by atoms with Gasteiger partial charge in [-0.05, 0) is 19.4 Å². The summed E-state index contributed by atoms with van der Waals surface area (Å²) >= 11 is 0. The summed E-state index contributed by atoms with van der Waals surface area (Å²) in [5, 5.41) is 20.5. The second kappa shape index (κ2) is 9.91. The van der Waals surface area contributed by atoms with Gasteiger partial charge in [0, 0.05) is 30.6 Å². The van der Waals surface area contributed by atoms with Crippen LogP contribution in [0.25, 0.3) is 0 Å². The Hall–Kier alpha value is -2.41. The number of nitrogens with zero attached hydrogens (tertiary/aromatic N) is 2. The van der Waals surface area contributed by atoms with Crippen molar-refractivity contribution in [3.05, 3.63) is 52.7 Å². The molecule has 2 aromatic rings. The molecule has 1 unspecified atom stereocenters. The van der Waals surface area contributed by atoms with E-state index in [0.717, 1.165) is 29.9 Å². The number of aliphatic hydroxyl groups excluding tert-OH is 1. The SMILES string of the molecule is CCNC(=NCc1c(CC)noc1CC)NCC(O)c1ccccc1F. The van der Waals surface area contributed by atoms with Crippen molar-refractivity contribution in [1.82, 2.24) is 15.8 Å². The quantitative estimate of drug-likeness (QED) is 0.497. The van der Waals surface area contributed by atoms with Crippen molar-refractivity contribution in [1.29, 1.82) is 0 Å². The average Bonchev–Trinajstić information content (AvgIpc) is 3.06. The van der Waals surface area contributed by atoms with Gasteiger partial charge in [-0.1, -0.05) is 37.2 Å². The molecule has 0 amide bonds. The Kier molecular flexibility index (Phi) is 7.59. The van der Waals surface area contributed by atoms with Crippen LogP contribution in [0.2, 0.25) is 0 Å². The minimum Gasteiger partial charge on any atom is -0.386 e. The number of aliphatic hydroxyl groups is 1. The fourth-order valence-electron chi connectivity index (χ4n) is 2.67. The van der Waals surface area contributed by atoms with Gasteiger partial charge in [0.1, 0.15) is 11.6 Å². The second-order valence-electron chi connectivity index (χ2n) is 5.85. The number of benzene rings is 1. The molecule has 1 heterocycles. The van der Waals surface area contributed by atoms with E-state index in [4.69, 9.17) is 4.52 Å². The van der Waals surface area contributed by atoms with Gasteiger partial charge >= 0.3 is 0 Å². The molecular formula is C19H27FN4O2. The molecule has 0 fully saturated rings. The van der Waals surface area contributed by atoms with Crippen LogP contribution in [0.5, 0.6) is 0 Å². The first-order valence-corrected chi connectivity index (χ1v) is 9.01. The summed E-state index contributed by atoms with van der Waals surface area (Å²) in [4.78, 5) is 4.55. The van der Waals surface area contributed by atoms with E-state index in [0.29, 0.717) is 19.0 Å². The van der Waals surface area contributed by atoms with Crippen molar-refractivity contribution in [2.45, 2.75) is 46.3 Å². The highest BCUT2D eigenvalue weighted by atomic mass is 19.1. The van der Waals surface area contributed by atoms with Crippen LogP contribution in [-0.4, -0.2) is 29.3 Å². The molecule has 1 atom stereocenters. The fraction of sp³-hybridized carbons (Fsp3) is 0.474. The van der Waals surface area contributed by atoms with Crippen LogP contribution < -0.4 is 10.6 Å². The largest absolute Gasteiger partial charge is 0.386 e. The Bertz CT molecular complexity index is 709. The van der Waals surface area contributed by atoms with Gasteiger partial charge < -0.3 is 20.3 Å². The monoisotopic (exact) mass is 362 g/mol. The van der Waals surface area contributed by atoms with Gasteiger partial charge in [0.2, 0.25) is 0 Å². The van der Waals surface area contributed by atoms with Gasteiger partial charge in [-0.15, -0.1) is 0 Å². The van der Waals surface area contributed by atoms with Gasteiger partial charge in [0.25, 0.3) is 0 Å². The molecule has 0 spiro atoms. The summed E-state index contributed by atoms with van der Waals surface area (Å²) in [7, 11) is 0. The Morgan fingerprint density at radius 3 is 2.65 bits per heavy atom. The number of nitrogens with one attached hydrogen (secondary N) is 2. The third-order valence-corrected chi connectivity index (χ3v) is 4.07. The first kappa shape index (κ1) is 19.9. The molecule has 1 aromatic carbocycles. The molecule has 1 aromatic heterocycles. The number of rotatable bonds is 8. The van der Waals surface area contributed by atoms with E-state index in [-0.39, 0.29) is 12.1 Å². The zero-order valence-corrected chi connectivity index (χ0v) is 15.6. The molecule has 0 bridgehead atoms. The number of aliphatic imine (C=N–C) groups is 1. The zero-order valence-electron chi connectivity index (χ0n) is 15.6. The van der Waals surface area contributed by atoms with Crippen molar-refractivity contribution in [2.75, 3.05) is 13.1 Å². The van der Waals surface area contributed by atoms with E-state index in [1.54, 1.807) is 18.2 Å². The number of hydrogen-bond acceptors (Lipinski definition) is 4. The maximum absolute atomic E-state index is 13.8. The van der Waals surface area contributed by atoms with Gasteiger partial charge in [-0.2, -0.15) is 0 Å². The second-order valence-corrected chi connectivity index (χ2v) is 5.85. The van der Waals surface area contributed by atoms with E-state index in [9.17, 15) is 9.50 Å². The summed E-state index contributed by atoms with van der Waals surface area (Å²) in [5.41, 5.74) is 2.17. The van der Waals surface area contributed by atoms with E-state index in [1.807, 2.05) is 20.8 Å². The van der Waals surface area contributed by atoms with Gasteiger partial charge in [-0.25, -0.2) is 9.38 Å². The lowest BCUT2D eigenvalue weighted by Gasteiger charge is -2.16. The number of halogens is 1. The maximum atomic E-state index is 13.8. The number of guanidine groups is 1. The highest BCUT2D eigenvalue weighted by Crippen LogP contribution is 2.17.